The number of nitrogens with zero attached hydrogens (tertiary/aromatic N) is 5. The Kier molecular flexibility index (Phi) is 1.79. The van der Waals surface area contributed by atoms with E-state index in [1.165, 1.54) is 0 Å². The molecule has 0 unspecified atom stereocenters. The van der Waals surface area contributed by atoms with Gasteiger partial charge in [0.05, 0.1) is 0 Å². The zero-order valence-corrected chi connectivity index (χ0v) is 8.28. The number of hydrogen-bond donors (Lipinski definition) is 1. The third-order valence-corrected chi connectivity index (χ3v) is 2.19. The standard InChI is InChI=1S/C10H8N6/c11-10-14-8-3-5-13-9(16(8)15-10)7-2-1-4-12-6-7/h1-6H,(H2,11,15). The van der Waals surface area contributed by atoms with Crippen LogP contribution in [-0.2, 0) is 0 Å². The molecule has 78 valence electrons. The van der Waals surface area contributed by atoms with E-state index in [0.717, 1.165) is 5.56 Å². The Morgan fingerprint density at radius 3 is 2.94 bits per heavy atom. The van der Waals surface area contributed by atoms with Crippen LogP contribution >= 0.6 is 0 Å². The molecule has 0 saturated heterocycles. The maximum absolute atomic E-state index is 5.55. The van der Waals surface area contributed by atoms with Gasteiger partial charge in [-0.05, 0) is 12.1 Å². The summed E-state index contributed by atoms with van der Waals surface area (Å²) in [6.07, 6.45) is 5.10. The van der Waals surface area contributed by atoms with Crippen molar-refractivity contribution < 1.29 is 0 Å². The summed E-state index contributed by atoms with van der Waals surface area (Å²) in [5.74, 6) is 0.910. The zero-order valence-electron chi connectivity index (χ0n) is 8.28. The highest BCUT2D eigenvalue weighted by Crippen LogP contribution is 2.16. The zero-order chi connectivity index (χ0) is 11.0. The topological polar surface area (TPSA) is 82.0 Å². The SMILES string of the molecule is Nc1nc2ccnc(-c3cccnc3)n2n1. The Labute approximate surface area is 90.8 Å². The highest BCUT2D eigenvalue weighted by atomic mass is 15.3. The Morgan fingerprint density at radius 2 is 2.12 bits per heavy atom. The molecule has 0 atom stereocenters. The first-order valence-corrected chi connectivity index (χ1v) is 4.72. The fourth-order valence-corrected chi connectivity index (χ4v) is 1.53. The van der Waals surface area contributed by atoms with Gasteiger partial charge >= 0.3 is 0 Å². The average Bonchev–Trinajstić information content (AvgIpc) is 2.70. The number of hydrogen-bond acceptors (Lipinski definition) is 5. The average molecular weight is 212 g/mol. The Balaban J connectivity index is 2.31. The highest BCUT2D eigenvalue weighted by molar-refractivity contribution is 5.57. The van der Waals surface area contributed by atoms with Gasteiger partial charge in [-0.1, -0.05) is 0 Å². The van der Waals surface area contributed by atoms with Crippen molar-refractivity contribution in [2.24, 2.45) is 0 Å². The quantitative estimate of drug-likeness (QED) is 0.644. The van der Waals surface area contributed by atoms with E-state index < -0.39 is 0 Å². The molecule has 0 saturated carbocycles. The summed E-state index contributed by atoms with van der Waals surface area (Å²) in [6.45, 7) is 0. The molecule has 0 bridgehead atoms. The van der Waals surface area contributed by atoms with Crippen LogP contribution in [-0.4, -0.2) is 24.6 Å². The lowest BCUT2D eigenvalue weighted by Gasteiger charge is -2.01. The number of nitrogens with two attached hydrogens (primary N) is 1. The van der Waals surface area contributed by atoms with Gasteiger partial charge in [0, 0.05) is 30.2 Å². The van der Waals surface area contributed by atoms with Crippen LogP contribution in [0.25, 0.3) is 17.0 Å². The molecule has 3 aromatic heterocycles. The molecule has 6 heteroatoms. The van der Waals surface area contributed by atoms with Gasteiger partial charge in [-0.25, -0.2) is 4.98 Å². The van der Waals surface area contributed by atoms with Gasteiger partial charge in [0.15, 0.2) is 11.5 Å². The van der Waals surface area contributed by atoms with Crippen molar-refractivity contribution in [3.05, 3.63) is 36.8 Å². The molecule has 0 radical (unpaired) electrons. The predicted molar refractivity (Wildman–Crippen MR) is 58.4 cm³/mol. The minimum atomic E-state index is 0.234. The van der Waals surface area contributed by atoms with Gasteiger partial charge in [0.2, 0.25) is 5.95 Å². The Bertz CT molecular complexity index is 630. The third-order valence-electron chi connectivity index (χ3n) is 2.19. The molecule has 0 aromatic carbocycles. The fourth-order valence-electron chi connectivity index (χ4n) is 1.53. The molecule has 3 aromatic rings. The van der Waals surface area contributed by atoms with Gasteiger partial charge < -0.3 is 5.73 Å². The normalized spacial score (nSPS) is 10.8. The van der Waals surface area contributed by atoms with Gasteiger partial charge in [0.1, 0.15) is 0 Å². The second-order valence-electron chi connectivity index (χ2n) is 3.25. The summed E-state index contributed by atoms with van der Waals surface area (Å²) < 4.78 is 1.60. The van der Waals surface area contributed by atoms with Crippen molar-refractivity contribution in [1.29, 1.82) is 0 Å². The van der Waals surface area contributed by atoms with E-state index in [9.17, 15) is 0 Å². The van der Waals surface area contributed by atoms with Crippen molar-refractivity contribution in [3.8, 4) is 11.4 Å². The van der Waals surface area contributed by atoms with Crippen LogP contribution in [0.15, 0.2) is 36.8 Å². The molecule has 6 nitrogen and oxygen atoms in total. The summed E-state index contributed by atoms with van der Waals surface area (Å²) in [6, 6.07) is 5.51. The van der Waals surface area contributed by atoms with Crippen LogP contribution in [0.4, 0.5) is 5.95 Å². The molecule has 0 amide bonds. The van der Waals surface area contributed by atoms with Crippen molar-refractivity contribution in [1.82, 2.24) is 24.6 Å². The van der Waals surface area contributed by atoms with E-state index in [4.69, 9.17) is 5.73 Å². The van der Waals surface area contributed by atoms with Crippen molar-refractivity contribution in [3.63, 3.8) is 0 Å². The molecule has 3 rings (SSSR count). The number of anilines is 1. The summed E-state index contributed by atoms with van der Waals surface area (Å²) >= 11 is 0. The number of aromatic nitrogens is 5. The second kappa shape index (κ2) is 3.27. The smallest absolute Gasteiger partial charge is 0.240 e. The Hall–Kier alpha value is -2.50. The first kappa shape index (κ1) is 8.78. The first-order chi connectivity index (χ1) is 7.84. The van der Waals surface area contributed by atoms with Crippen LogP contribution in [0, 0.1) is 0 Å². The van der Waals surface area contributed by atoms with E-state index in [2.05, 4.69) is 20.1 Å². The van der Waals surface area contributed by atoms with Gasteiger partial charge in [0.25, 0.3) is 0 Å². The second-order valence-corrected chi connectivity index (χ2v) is 3.25. The maximum atomic E-state index is 5.55. The minimum absolute atomic E-state index is 0.234. The molecule has 0 aliphatic carbocycles. The van der Waals surface area contributed by atoms with Crippen LogP contribution in [0.2, 0.25) is 0 Å². The van der Waals surface area contributed by atoms with Crippen LogP contribution in [0.3, 0.4) is 0 Å². The summed E-state index contributed by atoms with van der Waals surface area (Å²) in [5, 5.41) is 4.08. The molecule has 0 fully saturated rings. The molecule has 2 N–H and O–H groups in total. The predicted octanol–water partition coefficient (Wildman–Crippen LogP) is 0.768. The molecule has 0 aliphatic heterocycles. The number of rotatable bonds is 1. The Morgan fingerprint density at radius 1 is 1.19 bits per heavy atom. The van der Waals surface area contributed by atoms with Crippen molar-refractivity contribution in [2.75, 3.05) is 5.73 Å². The lowest BCUT2D eigenvalue weighted by atomic mass is 10.3. The van der Waals surface area contributed by atoms with E-state index in [1.54, 1.807) is 29.2 Å². The van der Waals surface area contributed by atoms with Crippen LogP contribution in [0.1, 0.15) is 0 Å². The lowest BCUT2D eigenvalue weighted by molar-refractivity contribution is 0.937. The molecule has 3 heterocycles. The number of nitrogen functional groups attached to an aromatic ring is 1. The molecule has 0 aliphatic rings. The minimum Gasteiger partial charge on any atom is -0.366 e. The molecule has 0 spiro atoms. The summed E-state index contributed by atoms with van der Waals surface area (Å²) in [7, 11) is 0. The van der Waals surface area contributed by atoms with Gasteiger partial charge in [-0.3, -0.25) is 4.98 Å². The molecule has 16 heavy (non-hydrogen) atoms. The molecular formula is C10H8N6. The largest absolute Gasteiger partial charge is 0.366 e. The number of pyridine rings is 1. The fraction of sp³-hybridized carbons (Fsp3) is 0. The van der Waals surface area contributed by atoms with E-state index >= 15 is 0 Å². The summed E-state index contributed by atoms with van der Waals surface area (Å²) in [4.78, 5) is 12.4. The summed E-state index contributed by atoms with van der Waals surface area (Å²) in [5.41, 5.74) is 7.10. The van der Waals surface area contributed by atoms with Crippen LogP contribution < -0.4 is 5.73 Å². The van der Waals surface area contributed by atoms with Gasteiger partial charge in [-0.15, -0.1) is 5.10 Å². The molecular weight excluding hydrogens is 204 g/mol. The van der Waals surface area contributed by atoms with Gasteiger partial charge in [-0.2, -0.15) is 9.50 Å². The lowest BCUT2D eigenvalue weighted by Crippen LogP contribution is -1.97. The van der Waals surface area contributed by atoms with Crippen molar-refractivity contribution in [2.45, 2.75) is 0 Å². The van der Waals surface area contributed by atoms with E-state index in [1.807, 2.05) is 12.1 Å². The van der Waals surface area contributed by atoms with E-state index in [-0.39, 0.29) is 5.95 Å². The van der Waals surface area contributed by atoms with Crippen molar-refractivity contribution >= 4 is 11.6 Å². The maximum Gasteiger partial charge on any atom is 0.240 e. The highest BCUT2D eigenvalue weighted by Gasteiger charge is 2.07. The van der Waals surface area contributed by atoms with Crippen LogP contribution in [0.5, 0.6) is 0 Å². The third kappa shape index (κ3) is 1.28. The monoisotopic (exact) mass is 212 g/mol. The number of fused-ring (bicyclic) bond motifs is 1. The first-order valence-electron chi connectivity index (χ1n) is 4.72. The van der Waals surface area contributed by atoms with E-state index in [0.29, 0.717) is 11.5 Å².